The van der Waals surface area contributed by atoms with Gasteiger partial charge in [0.25, 0.3) is 0 Å². The molecule has 0 aromatic heterocycles. The Balaban J connectivity index is 1.91. The Kier molecular flexibility index (Phi) is 4.79. The van der Waals surface area contributed by atoms with E-state index in [-0.39, 0.29) is 0 Å². The summed E-state index contributed by atoms with van der Waals surface area (Å²) in [6, 6.07) is 0. The van der Waals surface area contributed by atoms with Crippen molar-refractivity contribution in [2.75, 3.05) is 53.0 Å². The van der Waals surface area contributed by atoms with Crippen LogP contribution in [0.5, 0.6) is 0 Å². The Morgan fingerprint density at radius 3 is 2.71 bits per heavy atom. The molecular formula is C13H26N2O2. The van der Waals surface area contributed by atoms with E-state index in [0.29, 0.717) is 11.5 Å². The maximum absolute atomic E-state index is 5.61. The minimum absolute atomic E-state index is 0.384. The van der Waals surface area contributed by atoms with Crippen LogP contribution < -0.4 is 5.32 Å². The van der Waals surface area contributed by atoms with Crippen molar-refractivity contribution in [1.29, 1.82) is 0 Å². The molecule has 17 heavy (non-hydrogen) atoms. The first-order valence-corrected chi connectivity index (χ1v) is 6.80. The first kappa shape index (κ1) is 13.3. The Morgan fingerprint density at radius 1 is 1.29 bits per heavy atom. The number of morpholine rings is 1. The van der Waals surface area contributed by atoms with E-state index in [1.54, 1.807) is 0 Å². The summed E-state index contributed by atoms with van der Waals surface area (Å²) in [6.45, 7) is 9.33. The van der Waals surface area contributed by atoms with E-state index >= 15 is 0 Å². The molecule has 2 saturated heterocycles. The highest BCUT2D eigenvalue weighted by molar-refractivity contribution is 4.88. The Morgan fingerprint density at radius 2 is 2.06 bits per heavy atom. The fourth-order valence-electron chi connectivity index (χ4n) is 3.08. The lowest BCUT2D eigenvalue weighted by molar-refractivity contribution is -0.0529. The number of hydrogen-bond acceptors (Lipinski definition) is 4. The smallest absolute Gasteiger partial charge is 0.0674 e. The molecule has 0 aliphatic carbocycles. The van der Waals surface area contributed by atoms with Crippen molar-refractivity contribution in [3.8, 4) is 0 Å². The second-order valence-electron chi connectivity index (χ2n) is 5.56. The van der Waals surface area contributed by atoms with Gasteiger partial charge in [0.05, 0.1) is 12.7 Å². The van der Waals surface area contributed by atoms with E-state index in [1.807, 2.05) is 0 Å². The molecular weight excluding hydrogens is 216 g/mol. The van der Waals surface area contributed by atoms with Gasteiger partial charge in [-0.1, -0.05) is 0 Å². The highest BCUT2D eigenvalue weighted by atomic mass is 16.5. The molecule has 2 fully saturated rings. The van der Waals surface area contributed by atoms with E-state index in [4.69, 9.17) is 9.47 Å². The van der Waals surface area contributed by atoms with Gasteiger partial charge in [0.2, 0.25) is 0 Å². The van der Waals surface area contributed by atoms with Gasteiger partial charge in [0, 0.05) is 39.4 Å². The molecule has 0 bridgehead atoms. The van der Waals surface area contributed by atoms with Crippen LogP contribution in [-0.4, -0.2) is 64.1 Å². The molecule has 4 nitrogen and oxygen atoms in total. The summed E-state index contributed by atoms with van der Waals surface area (Å²) >= 11 is 0. The van der Waals surface area contributed by atoms with Crippen LogP contribution in [0.15, 0.2) is 0 Å². The Labute approximate surface area is 105 Å². The summed E-state index contributed by atoms with van der Waals surface area (Å²) in [5.74, 6) is 0. The van der Waals surface area contributed by atoms with Gasteiger partial charge in [-0.15, -0.1) is 0 Å². The zero-order valence-corrected chi connectivity index (χ0v) is 11.2. The highest BCUT2D eigenvalue weighted by Gasteiger charge is 2.34. The van der Waals surface area contributed by atoms with Crippen molar-refractivity contribution >= 4 is 0 Å². The Bertz CT molecular complexity index is 224. The van der Waals surface area contributed by atoms with Crippen LogP contribution in [0.1, 0.15) is 19.8 Å². The van der Waals surface area contributed by atoms with Gasteiger partial charge in [0.1, 0.15) is 0 Å². The molecule has 100 valence electrons. The third kappa shape index (κ3) is 3.65. The van der Waals surface area contributed by atoms with Crippen LogP contribution in [0.2, 0.25) is 0 Å². The summed E-state index contributed by atoms with van der Waals surface area (Å²) in [6.07, 6.45) is 2.74. The van der Waals surface area contributed by atoms with Crippen molar-refractivity contribution in [1.82, 2.24) is 10.2 Å². The van der Waals surface area contributed by atoms with Gasteiger partial charge in [-0.2, -0.15) is 0 Å². The lowest BCUT2D eigenvalue weighted by atomic mass is 9.79. The lowest BCUT2D eigenvalue weighted by Gasteiger charge is -2.43. The average molecular weight is 242 g/mol. The maximum Gasteiger partial charge on any atom is 0.0674 e. The molecule has 4 heteroatoms. The van der Waals surface area contributed by atoms with E-state index in [1.165, 1.54) is 19.4 Å². The van der Waals surface area contributed by atoms with Gasteiger partial charge < -0.3 is 14.8 Å². The molecule has 2 heterocycles. The number of ether oxygens (including phenoxy) is 2. The fourth-order valence-corrected chi connectivity index (χ4v) is 3.08. The third-order valence-corrected chi connectivity index (χ3v) is 3.99. The van der Waals surface area contributed by atoms with Crippen molar-refractivity contribution in [3.05, 3.63) is 0 Å². The topological polar surface area (TPSA) is 33.7 Å². The molecule has 0 aromatic carbocycles. The molecule has 2 aliphatic heterocycles. The zero-order valence-electron chi connectivity index (χ0n) is 11.2. The van der Waals surface area contributed by atoms with E-state index < -0.39 is 0 Å². The molecule has 1 N–H and O–H groups in total. The minimum Gasteiger partial charge on any atom is -0.381 e. The Hall–Kier alpha value is -0.160. The molecule has 1 unspecified atom stereocenters. The first-order valence-electron chi connectivity index (χ1n) is 6.80. The van der Waals surface area contributed by atoms with Crippen LogP contribution >= 0.6 is 0 Å². The van der Waals surface area contributed by atoms with Crippen molar-refractivity contribution < 1.29 is 9.47 Å². The third-order valence-electron chi connectivity index (χ3n) is 3.99. The van der Waals surface area contributed by atoms with Gasteiger partial charge >= 0.3 is 0 Å². The number of nitrogens with zero attached hydrogens (tertiary/aromatic N) is 1. The number of nitrogens with one attached hydrogen (secondary N) is 1. The monoisotopic (exact) mass is 242 g/mol. The molecule has 0 amide bonds. The minimum atomic E-state index is 0.384. The SMILES string of the molecule is CNCC1(CN2CCOC(C)C2)CCOCC1. The predicted octanol–water partition coefficient (Wildman–Crippen LogP) is 0.723. The summed E-state index contributed by atoms with van der Waals surface area (Å²) in [4.78, 5) is 2.57. The molecule has 0 spiro atoms. The maximum atomic E-state index is 5.61. The molecule has 2 rings (SSSR count). The second-order valence-corrected chi connectivity index (χ2v) is 5.56. The fraction of sp³-hybridized carbons (Fsp3) is 1.00. The van der Waals surface area contributed by atoms with Gasteiger partial charge in [0.15, 0.2) is 0 Å². The first-order chi connectivity index (χ1) is 8.24. The predicted molar refractivity (Wildman–Crippen MR) is 68.3 cm³/mol. The highest BCUT2D eigenvalue weighted by Crippen LogP contribution is 2.31. The molecule has 2 aliphatic rings. The van der Waals surface area contributed by atoms with Gasteiger partial charge in [-0.05, 0) is 32.2 Å². The quantitative estimate of drug-likeness (QED) is 0.788. The largest absolute Gasteiger partial charge is 0.381 e. The summed E-state index contributed by atoms with van der Waals surface area (Å²) in [5, 5.41) is 3.37. The average Bonchev–Trinajstić information content (AvgIpc) is 2.30. The van der Waals surface area contributed by atoms with Gasteiger partial charge in [-0.3, -0.25) is 4.90 Å². The lowest BCUT2D eigenvalue weighted by Crippen LogP contribution is -2.51. The standard InChI is InChI=1S/C13H26N2O2/c1-12-9-15(5-8-17-12)11-13(10-14-2)3-6-16-7-4-13/h12,14H,3-11H2,1-2H3. The number of hydrogen-bond donors (Lipinski definition) is 1. The van der Waals surface area contributed by atoms with Crippen molar-refractivity contribution in [2.45, 2.75) is 25.9 Å². The number of rotatable bonds is 4. The molecule has 0 radical (unpaired) electrons. The van der Waals surface area contributed by atoms with Crippen molar-refractivity contribution in [2.24, 2.45) is 5.41 Å². The molecule has 0 aromatic rings. The van der Waals surface area contributed by atoms with E-state index in [9.17, 15) is 0 Å². The van der Waals surface area contributed by atoms with Crippen molar-refractivity contribution in [3.63, 3.8) is 0 Å². The zero-order chi connectivity index (χ0) is 12.1. The van der Waals surface area contributed by atoms with E-state index in [2.05, 4.69) is 24.2 Å². The van der Waals surface area contributed by atoms with Gasteiger partial charge in [-0.25, -0.2) is 0 Å². The summed E-state index contributed by atoms with van der Waals surface area (Å²) in [7, 11) is 2.05. The summed E-state index contributed by atoms with van der Waals surface area (Å²) < 4.78 is 11.1. The summed E-state index contributed by atoms with van der Waals surface area (Å²) in [5.41, 5.74) is 0.407. The molecule has 0 saturated carbocycles. The van der Waals surface area contributed by atoms with Crippen LogP contribution in [0, 0.1) is 5.41 Å². The molecule has 1 atom stereocenters. The van der Waals surface area contributed by atoms with E-state index in [0.717, 1.165) is 39.5 Å². The van der Waals surface area contributed by atoms with Crippen LogP contribution in [0.3, 0.4) is 0 Å². The second kappa shape index (κ2) is 6.14. The van der Waals surface area contributed by atoms with Crippen LogP contribution in [0.4, 0.5) is 0 Å². The normalized spacial score (nSPS) is 30.4. The van der Waals surface area contributed by atoms with Crippen LogP contribution in [-0.2, 0) is 9.47 Å². The van der Waals surface area contributed by atoms with Crippen LogP contribution in [0.25, 0.3) is 0 Å².